The zero-order valence-corrected chi connectivity index (χ0v) is 26.0. The molecule has 0 bridgehead atoms. The molecule has 0 saturated carbocycles. The van der Waals surface area contributed by atoms with Gasteiger partial charge in [0.05, 0.1) is 32.9 Å². The molecule has 0 atom stereocenters. The van der Waals surface area contributed by atoms with Gasteiger partial charge in [0.2, 0.25) is 11.7 Å². The minimum absolute atomic E-state index is 0.0829. The van der Waals surface area contributed by atoms with E-state index in [4.69, 9.17) is 18.9 Å². The summed E-state index contributed by atoms with van der Waals surface area (Å²) in [5.41, 5.74) is 5.42. The largest absolute Gasteiger partial charge is 0.493 e. The highest BCUT2D eigenvalue weighted by molar-refractivity contribution is 6.08. The highest BCUT2D eigenvalue weighted by atomic mass is 19.1. The molecular weight excluding hydrogens is 577 g/mol. The summed E-state index contributed by atoms with van der Waals surface area (Å²) in [6.45, 7) is 3.70. The number of hydrogen-bond donors (Lipinski definition) is 1. The first-order valence-electron chi connectivity index (χ1n) is 14.9. The van der Waals surface area contributed by atoms with E-state index in [0.717, 1.165) is 59.5 Å². The average molecular weight is 616 g/mol. The summed E-state index contributed by atoms with van der Waals surface area (Å²) in [6.07, 6.45) is 5.16. The van der Waals surface area contributed by atoms with Crippen LogP contribution >= 0.6 is 0 Å². The highest BCUT2D eigenvalue weighted by Gasteiger charge is 2.27. The van der Waals surface area contributed by atoms with Crippen LogP contribution in [-0.2, 0) is 20.9 Å². The molecule has 236 valence electrons. The molecule has 1 aliphatic carbocycles. The molecule has 0 unspecified atom stereocenters. The number of methoxy groups -OCH3 is 2. The lowest BCUT2D eigenvalue weighted by molar-refractivity contribution is -0.153. The van der Waals surface area contributed by atoms with Crippen LogP contribution in [0.1, 0.15) is 48.6 Å². The number of carbonyl (C=O) groups excluding carboxylic acids is 2. The number of pyridine rings is 1. The van der Waals surface area contributed by atoms with Gasteiger partial charge in [0.15, 0.2) is 18.1 Å². The van der Waals surface area contributed by atoms with E-state index in [1.807, 2.05) is 38.2 Å². The summed E-state index contributed by atoms with van der Waals surface area (Å²) >= 11 is 0. The van der Waals surface area contributed by atoms with Crippen LogP contribution in [0.2, 0.25) is 0 Å². The number of allylic oxidation sites excluding steroid dienone is 2. The number of nitrogens with one attached hydrogen (secondary N) is 1. The summed E-state index contributed by atoms with van der Waals surface area (Å²) in [5.74, 6) is 0.0164. The maximum absolute atomic E-state index is 14.4. The third kappa shape index (κ3) is 7.69. The Kier molecular flexibility index (Phi) is 10.1. The van der Waals surface area contributed by atoms with E-state index in [1.165, 1.54) is 26.4 Å². The third-order valence-corrected chi connectivity index (χ3v) is 8.08. The molecule has 2 heterocycles. The Morgan fingerprint density at radius 1 is 1.04 bits per heavy atom. The molecule has 1 fully saturated rings. The number of benzene rings is 2. The van der Waals surface area contributed by atoms with Gasteiger partial charge in [0.25, 0.3) is 0 Å². The Morgan fingerprint density at radius 2 is 1.78 bits per heavy atom. The fourth-order valence-corrected chi connectivity index (χ4v) is 5.64. The summed E-state index contributed by atoms with van der Waals surface area (Å²) in [7, 11) is 5.07. The van der Waals surface area contributed by atoms with Crippen LogP contribution in [0.4, 0.5) is 4.39 Å². The van der Waals surface area contributed by atoms with E-state index in [0.29, 0.717) is 23.6 Å². The number of amides is 1. The number of fused-ring (bicyclic) bond motifs is 1. The molecule has 10 heteroatoms. The van der Waals surface area contributed by atoms with Crippen molar-refractivity contribution < 1.29 is 32.9 Å². The van der Waals surface area contributed by atoms with Gasteiger partial charge >= 0.3 is 5.97 Å². The fourth-order valence-electron chi connectivity index (χ4n) is 5.64. The Balaban J connectivity index is 1.36. The number of rotatable bonds is 11. The van der Waals surface area contributed by atoms with Crippen LogP contribution < -0.4 is 19.5 Å². The van der Waals surface area contributed by atoms with Gasteiger partial charge in [-0.15, -0.1) is 0 Å². The fraction of sp³-hybridized carbons (Fsp3) is 0.343. The van der Waals surface area contributed by atoms with Gasteiger partial charge in [0, 0.05) is 19.3 Å². The maximum Gasteiger partial charge on any atom is 0.344 e. The van der Waals surface area contributed by atoms with Gasteiger partial charge in [-0.25, -0.2) is 9.18 Å². The number of likely N-dealkylation sites (tertiary alicyclic amines) is 1. The lowest BCUT2D eigenvalue weighted by atomic mass is 10.00. The van der Waals surface area contributed by atoms with Crippen molar-refractivity contribution in [2.24, 2.45) is 0 Å². The van der Waals surface area contributed by atoms with Crippen molar-refractivity contribution in [3.8, 4) is 17.2 Å². The van der Waals surface area contributed by atoms with Crippen molar-refractivity contribution in [3.05, 3.63) is 88.5 Å². The molecule has 2 aliphatic rings. The lowest BCUT2D eigenvalue weighted by Crippen LogP contribution is -2.36. The van der Waals surface area contributed by atoms with Crippen molar-refractivity contribution in [1.82, 2.24) is 15.2 Å². The molecule has 3 aromatic rings. The number of halogens is 1. The molecule has 1 amide bonds. The summed E-state index contributed by atoms with van der Waals surface area (Å²) < 4.78 is 37.1. The molecule has 0 spiro atoms. The number of hydrogen-bond acceptors (Lipinski definition) is 8. The summed E-state index contributed by atoms with van der Waals surface area (Å²) in [5, 5.41) is 2.91. The van der Waals surface area contributed by atoms with E-state index in [1.54, 1.807) is 24.4 Å². The highest BCUT2D eigenvalue weighted by Crippen LogP contribution is 2.45. The van der Waals surface area contributed by atoms with E-state index in [9.17, 15) is 14.0 Å². The van der Waals surface area contributed by atoms with Gasteiger partial charge < -0.3 is 29.2 Å². The lowest BCUT2D eigenvalue weighted by Gasteiger charge is -2.28. The van der Waals surface area contributed by atoms with Gasteiger partial charge in [-0.2, -0.15) is 0 Å². The number of aromatic nitrogens is 1. The summed E-state index contributed by atoms with van der Waals surface area (Å²) in [4.78, 5) is 31.9. The first kappa shape index (κ1) is 31.7. The minimum Gasteiger partial charge on any atom is -0.493 e. The molecule has 1 N–H and O–H groups in total. The van der Waals surface area contributed by atoms with Crippen LogP contribution in [0.3, 0.4) is 0 Å². The molecule has 5 rings (SSSR count). The van der Waals surface area contributed by atoms with Crippen molar-refractivity contribution in [3.63, 3.8) is 0 Å². The van der Waals surface area contributed by atoms with Gasteiger partial charge in [-0.3, -0.25) is 9.78 Å². The van der Waals surface area contributed by atoms with Crippen LogP contribution in [0.5, 0.6) is 17.2 Å². The Labute approximate surface area is 262 Å². The van der Waals surface area contributed by atoms with Crippen molar-refractivity contribution in [2.45, 2.75) is 38.8 Å². The zero-order chi connectivity index (χ0) is 31.9. The SMILES string of the molecule is COc1cc(/C=C2/C(C)=C(CC(=O)NCc3ccccn3)c3cc(F)ccc32)cc(OC)c1OCC(=O)OC1CCN(C)CC1. The monoisotopic (exact) mass is 615 g/mol. The number of nitrogens with zero attached hydrogens (tertiary/aromatic N) is 2. The van der Waals surface area contributed by atoms with Crippen molar-refractivity contribution >= 4 is 29.1 Å². The van der Waals surface area contributed by atoms with E-state index in [2.05, 4.69) is 15.2 Å². The number of ether oxygens (including phenoxy) is 4. The van der Waals surface area contributed by atoms with E-state index in [-0.39, 0.29) is 36.6 Å². The average Bonchev–Trinajstić information content (AvgIpc) is 3.29. The van der Waals surface area contributed by atoms with Gasteiger partial charge in [-0.05, 0) is 103 Å². The number of carbonyl (C=O) groups is 2. The minimum atomic E-state index is -0.452. The molecule has 1 saturated heterocycles. The van der Waals surface area contributed by atoms with Crippen molar-refractivity contribution in [2.75, 3.05) is 41.0 Å². The Hall–Kier alpha value is -4.70. The Morgan fingerprint density at radius 3 is 2.44 bits per heavy atom. The van der Waals surface area contributed by atoms with Gasteiger partial charge in [-0.1, -0.05) is 12.1 Å². The van der Waals surface area contributed by atoms with E-state index >= 15 is 0 Å². The maximum atomic E-state index is 14.4. The Bertz CT molecular complexity index is 1590. The number of piperidine rings is 1. The van der Waals surface area contributed by atoms with Gasteiger partial charge in [0.1, 0.15) is 11.9 Å². The molecule has 0 radical (unpaired) electrons. The predicted octanol–water partition coefficient (Wildman–Crippen LogP) is 5.29. The molecule has 2 aromatic carbocycles. The normalized spacial score (nSPS) is 16.0. The quantitative estimate of drug-likeness (QED) is 0.291. The van der Waals surface area contributed by atoms with Crippen LogP contribution in [0.25, 0.3) is 17.2 Å². The first-order valence-corrected chi connectivity index (χ1v) is 14.9. The van der Waals surface area contributed by atoms with Crippen LogP contribution in [-0.4, -0.2) is 68.8 Å². The topological polar surface area (TPSA) is 99.2 Å². The second kappa shape index (κ2) is 14.4. The molecule has 1 aliphatic heterocycles. The second-order valence-corrected chi connectivity index (χ2v) is 11.2. The first-order chi connectivity index (χ1) is 21.7. The standard InChI is InChI=1S/C35H38FN3O6/c1-22-28(27-9-8-24(36)18-30(27)29(22)19-33(40)38-20-25-7-5-6-12-37-25)15-23-16-31(42-3)35(32(17-23)43-4)44-21-34(41)45-26-10-13-39(2)14-11-26/h5-9,12,15-18,26H,10-11,13-14,19-21H2,1-4H3,(H,38,40)/b28-15-. The predicted molar refractivity (Wildman–Crippen MR) is 169 cm³/mol. The smallest absolute Gasteiger partial charge is 0.344 e. The van der Waals surface area contributed by atoms with Crippen molar-refractivity contribution in [1.29, 1.82) is 0 Å². The summed E-state index contributed by atoms with van der Waals surface area (Å²) in [6, 6.07) is 13.7. The van der Waals surface area contributed by atoms with Crippen LogP contribution in [0.15, 0.2) is 60.3 Å². The van der Waals surface area contributed by atoms with Crippen LogP contribution in [0, 0.1) is 5.82 Å². The zero-order valence-electron chi connectivity index (χ0n) is 26.0. The number of esters is 1. The third-order valence-electron chi connectivity index (χ3n) is 8.08. The second-order valence-electron chi connectivity index (χ2n) is 11.2. The molecule has 9 nitrogen and oxygen atoms in total. The molecule has 45 heavy (non-hydrogen) atoms. The molecule has 1 aromatic heterocycles. The van der Waals surface area contributed by atoms with E-state index < -0.39 is 5.97 Å². The molecular formula is C35H38FN3O6.